The zero-order chi connectivity index (χ0) is 12.1. The van der Waals surface area contributed by atoms with E-state index in [4.69, 9.17) is 5.11 Å². The molecule has 1 aromatic rings. The standard InChI is InChI=1S/C12H22N4O/c1-10-3-2-4-11(10)7-13-8-12-9-16(5-6-17)15-14-12/h9-11,13,17H,2-8H2,1H3. The molecule has 2 rings (SSSR count). The minimum atomic E-state index is 0.107. The first-order valence-corrected chi connectivity index (χ1v) is 6.50. The third kappa shape index (κ3) is 3.51. The molecular formula is C12H22N4O. The molecule has 96 valence electrons. The van der Waals surface area contributed by atoms with E-state index in [1.165, 1.54) is 19.3 Å². The summed E-state index contributed by atoms with van der Waals surface area (Å²) in [6.45, 7) is 4.82. The molecule has 0 aliphatic heterocycles. The molecule has 17 heavy (non-hydrogen) atoms. The van der Waals surface area contributed by atoms with E-state index in [0.717, 1.165) is 30.6 Å². The average Bonchev–Trinajstić information content (AvgIpc) is 2.90. The van der Waals surface area contributed by atoms with Gasteiger partial charge in [0, 0.05) is 12.7 Å². The summed E-state index contributed by atoms with van der Waals surface area (Å²) in [6.07, 6.45) is 5.99. The Morgan fingerprint density at radius 1 is 1.53 bits per heavy atom. The monoisotopic (exact) mass is 238 g/mol. The van der Waals surface area contributed by atoms with Crippen molar-refractivity contribution in [1.82, 2.24) is 20.3 Å². The molecule has 0 saturated heterocycles. The van der Waals surface area contributed by atoms with Crippen LogP contribution in [-0.2, 0) is 13.1 Å². The van der Waals surface area contributed by atoms with Crippen LogP contribution in [0.1, 0.15) is 31.9 Å². The van der Waals surface area contributed by atoms with Crippen LogP contribution in [-0.4, -0.2) is 33.3 Å². The first kappa shape index (κ1) is 12.5. The summed E-state index contributed by atoms with van der Waals surface area (Å²) in [5.74, 6) is 1.68. The van der Waals surface area contributed by atoms with Crippen LogP contribution in [0, 0.1) is 11.8 Å². The Bertz CT molecular complexity index is 339. The molecule has 2 atom stereocenters. The molecule has 1 aromatic heterocycles. The van der Waals surface area contributed by atoms with Gasteiger partial charge in [0.15, 0.2) is 0 Å². The molecule has 0 amide bonds. The molecule has 1 aliphatic rings. The van der Waals surface area contributed by atoms with Crippen molar-refractivity contribution in [2.75, 3.05) is 13.2 Å². The number of aromatic nitrogens is 3. The van der Waals surface area contributed by atoms with E-state index in [2.05, 4.69) is 22.6 Å². The SMILES string of the molecule is CC1CCCC1CNCc1cn(CCO)nn1. The van der Waals surface area contributed by atoms with Crippen molar-refractivity contribution in [3.05, 3.63) is 11.9 Å². The first-order chi connectivity index (χ1) is 8.29. The fourth-order valence-electron chi connectivity index (χ4n) is 2.54. The number of hydrogen-bond donors (Lipinski definition) is 2. The molecule has 2 N–H and O–H groups in total. The van der Waals surface area contributed by atoms with Gasteiger partial charge in [0.2, 0.25) is 0 Å². The number of aliphatic hydroxyl groups excluding tert-OH is 1. The Morgan fingerprint density at radius 2 is 2.41 bits per heavy atom. The Labute approximate surface area is 102 Å². The normalized spacial score (nSPS) is 24.4. The highest BCUT2D eigenvalue weighted by Gasteiger charge is 2.22. The van der Waals surface area contributed by atoms with Crippen LogP contribution in [0.3, 0.4) is 0 Å². The predicted octanol–water partition coefficient (Wildman–Crippen LogP) is 0.796. The van der Waals surface area contributed by atoms with Crippen molar-refractivity contribution in [1.29, 1.82) is 0 Å². The lowest BCUT2D eigenvalue weighted by molar-refractivity contribution is 0.268. The molecule has 2 unspecified atom stereocenters. The highest BCUT2D eigenvalue weighted by Crippen LogP contribution is 2.30. The Balaban J connectivity index is 1.70. The van der Waals surface area contributed by atoms with Crippen molar-refractivity contribution in [2.24, 2.45) is 11.8 Å². The van der Waals surface area contributed by atoms with Crippen molar-refractivity contribution >= 4 is 0 Å². The summed E-state index contributed by atoms with van der Waals surface area (Å²) < 4.78 is 1.68. The van der Waals surface area contributed by atoms with Gasteiger partial charge in [-0.2, -0.15) is 0 Å². The molecule has 5 nitrogen and oxygen atoms in total. The van der Waals surface area contributed by atoms with Crippen LogP contribution in [0.4, 0.5) is 0 Å². The lowest BCUT2D eigenvalue weighted by Gasteiger charge is -2.15. The molecule has 0 aromatic carbocycles. The third-order valence-electron chi connectivity index (χ3n) is 3.67. The van der Waals surface area contributed by atoms with Crippen LogP contribution in [0.5, 0.6) is 0 Å². The van der Waals surface area contributed by atoms with Gasteiger partial charge in [-0.15, -0.1) is 5.10 Å². The second kappa shape index (κ2) is 6.12. The number of hydrogen-bond acceptors (Lipinski definition) is 4. The van der Waals surface area contributed by atoms with Crippen LogP contribution >= 0.6 is 0 Å². The molecule has 5 heteroatoms. The van der Waals surface area contributed by atoms with Crippen LogP contribution < -0.4 is 5.32 Å². The quantitative estimate of drug-likeness (QED) is 0.769. The lowest BCUT2D eigenvalue weighted by Crippen LogP contribution is -2.24. The van der Waals surface area contributed by atoms with Crippen LogP contribution in [0.2, 0.25) is 0 Å². The molecule has 0 radical (unpaired) electrons. The Morgan fingerprint density at radius 3 is 3.12 bits per heavy atom. The van der Waals surface area contributed by atoms with Crippen LogP contribution in [0.15, 0.2) is 6.20 Å². The van der Waals surface area contributed by atoms with E-state index < -0.39 is 0 Å². The zero-order valence-corrected chi connectivity index (χ0v) is 10.5. The van der Waals surface area contributed by atoms with Gasteiger partial charge in [0.25, 0.3) is 0 Å². The lowest BCUT2D eigenvalue weighted by atomic mass is 9.98. The van der Waals surface area contributed by atoms with Crippen molar-refractivity contribution < 1.29 is 5.11 Å². The molecule has 0 spiro atoms. The van der Waals surface area contributed by atoms with Gasteiger partial charge in [-0.25, -0.2) is 4.68 Å². The van der Waals surface area contributed by atoms with Gasteiger partial charge in [-0.3, -0.25) is 0 Å². The van der Waals surface area contributed by atoms with Gasteiger partial charge in [-0.1, -0.05) is 25.0 Å². The fraction of sp³-hybridized carbons (Fsp3) is 0.833. The van der Waals surface area contributed by atoms with Gasteiger partial charge in [0.05, 0.1) is 18.8 Å². The third-order valence-corrected chi connectivity index (χ3v) is 3.67. The maximum absolute atomic E-state index is 8.77. The summed E-state index contributed by atoms with van der Waals surface area (Å²) in [4.78, 5) is 0. The van der Waals surface area contributed by atoms with Gasteiger partial charge in [0.1, 0.15) is 0 Å². The summed E-state index contributed by atoms with van der Waals surface area (Å²) in [7, 11) is 0. The summed E-state index contributed by atoms with van der Waals surface area (Å²) in [5.41, 5.74) is 0.948. The highest BCUT2D eigenvalue weighted by molar-refractivity contribution is 4.91. The maximum atomic E-state index is 8.77. The molecule has 1 heterocycles. The number of aliphatic hydroxyl groups is 1. The maximum Gasteiger partial charge on any atom is 0.0964 e. The van der Waals surface area contributed by atoms with Crippen molar-refractivity contribution in [3.63, 3.8) is 0 Å². The predicted molar refractivity (Wildman–Crippen MR) is 65.3 cm³/mol. The average molecular weight is 238 g/mol. The Kier molecular flexibility index (Phi) is 4.50. The topological polar surface area (TPSA) is 63.0 Å². The van der Waals surface area contributed by atoms with Crippen molar-refractivity contribution in [3.8, 4) is 0 Å². The largest absolute Gasteiger partial charge is 0.394 e. The second-order valence-electron chi connectivity index (χ2n) is 5.00. The fourth-order valence-corrected chi connectivity index (χ4v) is 2.54. The molecule has 0 bridgehead atoms. The first-order valence-electron chi connectivity index (χ1n) is 6.50. The number of nitrogens with zero attached hydrogens (tertiary/aromatic N) is 3. The van der Waals surface area contributed by atoms with E-state index in [1.807, 2.05) is 6.20 Å². The molecule has 1 fully saturated rings. The molecule has 1 aliphatic carbocycles. The van der Waals surface area contributed by atoms with Gasteiger partial charge >= 0.3 is 0 Å². The van der Waals surface area contributed by atoms with E-state index in [9.17, 15) is 0 Å². The van der Waals surface area contributed by atoms with E-state index in [1.54, 1.807) is 4.68 Å². The van der Waals surface area contributed by atoms with Crippen LogP contribution in [0.25, 0.3) is 0 Å². The zero-order valence-electron chi connectivity index (χ0n) is 10.5. The van der Waals surface area contributed by atoms with Gasteiger partial charge in [-0.05, 0) is 24.8 Å². The number of rotatable bonds is 6. The van der Waals surface area contributed by atoms with E-state index >= 15 is 0 Å². The minimum Gasteiger partial charge on any atom is -0.394 e. The summed E-state index contributed by atoms with van der Waals surface area (Å²) >= 11 is 0. The smallest absolute Gasteiger partial charge is 0.0964 e. The second-order valence-corrected chi connectivity index (χ2v) is 5.00. The minimum absolute atomic E-state index is 0.107. The van der Waals surface area contributed by atoms with E-state index in [-0.39, 0.29) is 6.61 Å². The highest BCUT2D eigenvalue weighted by atomic mass is 16.3. The Hall–Kier alpha value is -0.940. The molecule has 1 saturated carbocycles. The van der Waals surface area contributed by atoms with Gasteiger partial charge < -0.3 is 10.4 Å². The summed E-state index contributed by atoms with van der Waals surface area (Å²) in [6, 6.07) is 0. The molecular weight excluding hydrogens is 216 g/mol. The summed E-state index contributed by atoms with van der Waals surface area (Å²) in [5, 5.41) is 20.2. The number of nitrogens with one attached hydrogen (secondary N) is 1. The van der Waals surface area contributed by atoms with E-state index in [0.29, 0.717) is 6.54 Å². The van der Waals surface area contributed by atoms with Crippen molar-refractivity contribution in [2.45, 2.75) is 39.3 Å².